The van der Waals surface area contributed by atoms with Gasteiger partial charge in [-0.25, -0.2) is 14.5 Å². The number of carbonyl (C=O) groups is 1. The Balaban J connectivity index is 1.80. The number of aromatic nitrogens is 4. The molecule has 1 amide bonds. The number of amides is 1. The Morgan fingerprint density at radius 2 is 1.95 bits per heavy atom. The highest BCUT2D eigenvalue weighted by molar-refractivity contribution is 7.47. The summed E-state index contributed by atoms with van der Waals surface area (Å²) in [5, 5.41) is 10.0. The van der Waals surface area contributed by atoms with Gasteiger partial charge >= 0.3 is 7.82 Å². The van der Waals surface area contributed by atoms with Gasteiger partial charge in [-0.05, 0) is 56.7 Å². The van der Waals surface area contributed by atoms with Gasteiger partial charge in [0.15, 0.2) is 0 Å². The molecule has 1 unspecified atom stereocenters. The number of phosphoric acid groups is 1. The lowest BCUT2D eigenvalue weighted by atomic mass is 10.0. The van der Waals surface area contributed by atoms with Crippen LogP contribution in [0.15, 0.2) is 67.9 Å². The number of nitriles is 1. The van der Waals surface area contributed by atoms with E-state index < -0.39 is 13.4 Å². The van der Waals surface area contributed by atoms with E-state index in [4.69, 9.17) is 9.05 Å². The van der Waals surface area contributed by atoms with E-state index >= 15 is 0 Å². The molecule has 0 spiro atoms. The molecule has 0 aromatic carbocycles. The van der Waals surface area contributed by atoms with Crippen LogP contribution in [-0.2, 0) is 25.1 Å². The van der Waals surface area contributed by atoms with E-state index in [1.807, 2.05) is 18.2 Å². The number of fused-ring (bicyclic) bond motifs is 1. The minimum Gasteiger partial charge on any atom is -0.310 e. The summed E-state index contributed by atoms with van der Waals surface area (Å²) in [5.41, 5.74) is 3.23. The molecule has 4 aromatic heterocycles. The predicted molar refractivity (Wildman–Crippen MR) is 146 cm³/mol. The lowest BCUT2D eigenvalue weighted by Gasteiger charge is -2.22. The molecule has 0 aliphatic rings. The molecule has 1 N–H and O–H groups in total. The molecule has 4 aromatic rings. The SMILES string of the molecule is C=CC(=O)N(C)c1cncc(-c2cnc3c(c2)c(-c2ccnc(C#N)c2)cn3COP(=O)(O)OC(C)(C)C)c1. The first kappa shape index (κ1) is 27.8. The minimum absolute atomic E-state index is 0.235. The Bertz CT molecular complexity index is 1650. The average Bonchev–Trinajstić information content (AvgIpc) is 3.28. The molecule has 1 atom stereocenters. The number of rotatable bonds is 8. The highest BCUT2D eigenvalue weighted by atomic mass is 31.2. The maximum absolute atomic E-state index is 12.5. The number of hydrogen-bond donors (Lipinski definition) is 1. The lowest BCUT2D eigenvalue weighted by molar-refractivity contribution is -0.113. The fourth-order valence-corrected chi connectivity index (χ4v) is 4.87. The van der Waals surface area contributed by atoms with Crippen molar-refractivity contribution in [1.29, 1.82) is 5.26 Å². The van der Waals surface area contributed by atoms with Gasteiger partial charge < -0.3 is 14.4 Å². The molecule has 11 nitrogen and oxygen atoms in total. The van der Waals surface area contributed by atoms with E-state index in [9.17, 15) is 19.5 Å². The van der Waals surface area contributed by atoms with E-state index in [2.05, 4.69) is 21.5 Å². The van der Waals surface area contributed by atoms with E-state index in [1.54, 1.807) is 69.3 Å². The zero-order valence-electron chi connectivity index (χ0n) is 21.9. The first-order chi connectivity index (χ1) is 18.4. The van der Waals surface area contributed by atoms with Gasteiger partial charge in [0.2, 0.25) is 5.91 Å². The molecular weight excluding hydrogens is 519 g/mol. The van der Waals surface area contributed by atoms with Gasteiger partial charge in [0.25, 0.3) is 0 Å². The molecule has 0 bridgehead atoms. The van der Waals surface area contributed by atoms with Crippen LogP contribution in [-0.4, -0.2) is 43.0 Å². The van der Waals surface area contributed by atoms with Crippen molar-refractivity contribution in [3.63, 3.8) is 0 Å². The normalized spacial score (nSPS) is 13.0. The zero-order valence-corrected chi connectivity index (χ0v) is 22.8. The lowest BCUT2D eigenvalue weighted by Crippen LogP contribution is -2.23. The van der Waals surface area contributed by atoms with Crippen LogP contribution in [0.5, 0.6) is 0 Å². The first-order valence-electron chi connectivity index (χ1n) is 11.8. The van der Waals surface area contributed by atoms with Crippen LogP contribution in [0.25, 0.3) is 33.3 Å². The van der Waals surface area contributed by atoms with Crippen LogP contribution in [0.1, 0.15) is 26.5 Å². The van der Waals surface area contributed by atoms with Crippen molar-refractivity contribution in [3.8, 4) is 28.3 Å². The fourth-order valence-electron chi connectivity index (χ4n) is 3.86. The number of pyridine rings is 3. The summed E-state index contributed by atoms with van der Waals surface area (Å²) in [6, 6.07) is 9.13. The second-order valence-electron chi connectivity index (χ2n) is 9.61. The Hall–Kier alpha value is -4.20. The van der Waals surface area contributed by atoms with Gasteiger partial charge in [-0.3, -0.25) is 18.8 Å². The van der Waals surface area contributed by atoms with E-state index in [-0.39, 0.29) is 18.3 Å². The van der Waals surface area contributed by atoms with Crippen molar-refractivity contribution >= 4 is 30.5 Å². The second-order valence-corrected chi connectivity index (χ2v) is 11.0. The maximum Gasteiger partial charge on any atom is 0.474 e. The third-order valence-corrected chi connectivity index (χ3v) is 6.82. The van der Waals surface area contributed by atoms with Crippen molar-refractivity contribution in [2.75, 3.05) is 11.9 Å². The second kappa shape index (κ2) is 10.9. The molecule has 0 aliphatic heterocycles. The van der Waals surface area contributed by atoms with Crippen LogP contribution >= 0.6 is 7.82 Å². The number of nitrogens with zero attached hydrogens (tertiary/aromatic N) is 6. The van der Waals surface area contributed by atoms with Crippen LogP contribution in [0.3, 0.4) is 0 Å². The molecule has 200 valence electrons. The summed E-state index contributed by atoms with van der Waals surface area (Å²) in [7, 11) is -2.74. The number of likely N-dealkylation sites (N-methyl/N-ethyl adjacent to an activating group) is 1. The Kier molecular flexibility index (Phi) is 7.77. The topological polar surface area (TPSA) is 143 Å². The van der Waals surface area contributed by atoms with Crippen LogP contribution in [0.4, 0.5) is 5.69 Å². The minimum atomic E-state index is -4.37. The van der Waals surface area contributed by atoms with Crippen molar-refractivity contribution in [1.82, 2.24) is 19.5 Å². The molecule has 0 fully saturated rings. The molecule has 0 aliphatic carbocycles. The first-order valence-corrected chi connectivity index (χ1v) is 13.3. The fraction of sp³-hybridized carbons (Fsp3) is 0.222. The van der Waals surface area contributed by atoms with E-state index in [0.29, 0.717) is 33.4 Å². The summed E-state index contributed by atoms with van der Waals surface area (Å²) >= 11 is 0. The molecule has 0 saturated carbocycles. The average molecular weight is 547 g/mol. The van der Waals surface area contributed by atoms with E-state index in [1.165, 1.54) is 17.2 Å². The monoisotopic (exact) mass is 546 g/mol. The molecular formula is C27H27N6O5P. The van der Waals surface area contributed by atoms with Crippen molar-refractivity contribution in [2.45, 2.75) is 33.1 Å². The highest BCUT2D eigenvalue weighted by Crippen LogP contribution is 2.47. The van der Waals surface area contributed by atoms with Gasteiger partial charge in [0.1, 0.15) is 24.1 Å². The van der Waals surface area contributed by atoms with Crippen molar-refractivity contribution < 1.29 is 23.3 Å². The largest absolute Gasteiger partial charge is 0.474 e. The van der Waals surface area contributed by atoms with E-state index in [0.717, 1.165) is 5.56 Å². The van der Waals surface area contributed by atoms with Crippen LogP contribution in [0, 0.1) is 11.3 Å². The van der Waals surface area contributed by atoms with Gasteiger partial charge in [-0.1, -0.05) is 6.58 Å². The number of anilines is 1. The van der Waals surface area contributed by atoms with Crippen molar-refractivity contribution in [2.24, 2.45) is 0 Å². The predicted octanol–water partition coefficient (Wildman–Crippen LogP) is 5.07. The molecule has 4 rings (SSSR count). The standard InChI is InChI=1S/C27H27N6O5P/c1-6-25(34)32(5)22-10-19(13-29-15-22)20-11-23-24(18-7-8-30-21(9-18)12-28)16-33(26(23)31-14-20)17-37-39(35,36)38-27(2,3)4/h6-11,13-16H,1,17H2,2-5H3,(H,35,36). The Labute approximate surface area is 225 Å². The number of phosphoric ester groups is 1. The molecule has 0 saturated heterocycles. The third kappa shape index (κ3) is 6.45. The number of carbonyl (C=O) groups excluding carboxylic acids is 1. The summed E-state index contributed by atoms with van der Waals surface area (Å²) in [5.74, 6) is -0.274. The van der Waals surface area contributed by atoms with Gasteiger partial charge in [-0.15, -0.1) is 0 Å². The smallest absolute Gasteiger partial charge is 0.310 e. The molecule has 0 radical (unpaired) electrons. The van der Waals surface area contributed by atoms with Crippen LogP contribution in [0.2, 0.25) is 0 Å². The quantitative estimate of drug-likeness (QED) is 0.237. The zero-order chi connectivity index (χ0) is 28.4. The van der Waals surface area contributed by atoms with Gasteiger partial charge in [-0.2, -0.15) is 5.26 Å². The highest BCUT2D eigenvalue weighted by Gasteiger charge is 2.29. The van der Waals surface area contributed by atoms with Crippen molar-refractivity contribution in [3.05, 3.63) is 73.6 Å². The number of hydrogen-bond acceptors (Lipinski definition) is 8. The Morgan fingerprint density at radius 1 is 1.21 bits per heavy atom. The maximum atomic E-state index is 12.5. The summed E-state index contributed by atoms with van der Waals surface area (Å²) in [6.07, 6.45) is 9.34. The molecule has 12 heteroatoms. The van der Waals surface area contributed by atoms with Crippen LogP contribution < -0.4 is 4.90 Å². The van der Waals surface area contributed by atoms with Gasteiger partial charge in [0.05, 0.1) is 17.5 Å². The summed E-state index contributed by atoms with van der Waals surface area (Å²) < 4.78 is 24.5. The summed E-state index contributed by atoms with van der Waals surface area (Å²) in [4.78, 5) is 36.6. The molecule has 39 heavy (non-hydrogen) atoms. The van der Waals surface area contributed by atoms with Gasteiger partial charge in [0, 0.05) is 53.9 Å². The Morgan fingerprint density at radius 3 is 2.64 bits per heavy atom. The molecule has 4 heterocycles. The third-order valence-electron chi connectivity index (χ3n) is 5.60. The summed E-state index contributed by atoms with van der Waals surface area (Å²) in [6.45, 7) is 8.16.